The number of halogens is 1. The lowest BCUT2D eigenvalue weighted by atomic mass is 9.82. The standard InChI is InChI=1S/C10H8BClN2O3/c12-8-2-10(6-14-4-8)17-9-1-7(11(15)16)3-13-5-9/h1-6,15-16H. The average molecular weight is 250 g/mol. The van der Waals surface area contributed by atoms with Gasteiger partial charge in [-0.05, 0) is 6.07 Å². The maximum atomic E-state index is 8.98. The molecule has 0 aromatic carbocycles. The van der Waals surface area contributed by atoms with Gasteiger partial charge in [0.1, 0.15) is 11.5 Å². The third-order valence-corrected chi connectivity index (χ3v) is 2.15. The van der Waals surface area contributed by atoms with Crippen LogP contribution in [0.1, 0.15) is 0 Å². The zero-order valence-corrected chi connectivity index (χ0v) is 9.37. The van der Waals surface area contributed by atoms with Crippen LogP contribution in [0.4, 0.5) is 0 Å². The Morgan fingerprint density at radius 2 is 1.65 bits per heavy atom. The number of pyridine rings is 2. The lowest BCUT2D eigenvalue weighted by Crippen LogP contribution is -2.29. The minimum Gasteiger partial charge on any atom is -0.454 e. The summed E-state index contributed by atoms with van der Waals surface area (Å²) in [6.07, 6.45) is 5.77. The van der Waals surface area contributed by atoms with Crippen molar-refractivity contribution in [1.29, 1.82) is 0 Å². The first-order valence-electron chi connectivity index (χ1n) is 4.74. The van der Waals surface area contributed by atoms with Gasteiger partial charge >= 0.3 is 7.12 Å². The van der Waals surface area contributed by atoms with Crippen LogP contribution in [0.2, 0.25) is 5.02 Å². The molecule has 2 rings (SSSR count). The summed E-state index contributed by atoms with van der Waals surface area (Å²) in [5.74, 6) is 0.823. The number of hydrogen-bond acceptors (Lipinski definition) is 5. The van der Waals surface area contributed by atoms with Crippen LogP contribution in [0.3, 0.4) is 0 Å². The van der Waals surface area contributed by atoms with Crippen LogP contribution in [0.5, 0.6) is 11.5 Å². The third kappa shape index (κ3) is 3.16. The predicted octanol–water partition coefficient (Wildman–Crippen LogP) is 0.602. The molecule has 0 amide bonds. The molecule has 0 aliphatic carbocycles. The summed E-state index contributed by atoms with van der Waals surface area (Å²) in [7, 11) is -1.58. The van der Waals surface area contributed by atoms with E-state index in [9.17, 15) is 0 Å². The highest BCUT2D eigenvalue weighted by atomic mass is 35.5. The largest absolute Gasteiger partial charge is 0.490 e. The molecule has 2 aromatic rings. The number of hydrogen-bond donors (Lipinski definition) is 2. The average Bonchev–Trinajstić information content (AvgIpc) is 2.29. The SMILES string of the molecule is OB(O)c1cncc(Oc2cncc(Cl)c2)c1. The molecule has 0 bridgehead atoms. The molecule has 0 unspecified atom stereocenters. The highest BCUT2D eigenvalue weighted by Gasteiger charge is 2.12. The van der Waals surface area contributed by atoms with Gasteiger partial charge in [-0.1, -0.05) is 11.6 Å². The van der Waals surface area contributed by atoms with Crippen molar-refractivity contribution in [2.45, 2.75) is 0 Å². The fourth-order valence-electron chi connectivity index (χ4n) is 1.22. The minimum atomic E-state index is -1.58. The summed E-state index contributed by atoms with van der Waals surface area (Å²) >= 11 is 5.75. The van der Waals surface area contributed by atoms with Crippen LogP contribution in [0.15, 0.2) is 36.9 Å². The Morgan fingerprint density at radius 3 is 2.29 bits per heavy atom. The normalized spacial score (nSPS) is 10.1. The molecule has 0 atom stereocenters. The van der Waals surface area contributed by atoms with Crippen molar-refractivity contribution in [2.24, 2.45) is 0 Å². The van der Waals surface area contributed by atoms with Gasteiger partial charge in [0.25, 0.3) is 0 Å². The van der Waals surface area contributed by atoms with Gasteiger partial charge in [-0.25, -0.2) is 0 Å². The van der Waals surface area contributed by atoms with Crippen LogP contribution in [-0.4, -0.2) is 27.1 Å². The minimum absolute atomic E-state index is 0.248. The molecule has 0 aliphatic rings. The van der Waals surface area contributed by atoms with Crippen molar-refractivity contribution in [1.82, 2.24) is 9.97 Å². The van der Waals surface area contributed by atoms with Crippen LogP contribution in [0, 0.1) is 0 Å². The molecule has 0 aliphatic heterocycles. The first-order chi connectivity index (χ1) is 8.15. The van der Waals surface area contributed by atoms with Crippen LogP contribution >= 0.6 is 11.6 Å². The predicted molar refractivity (Wildman–Crippen MR) is 63.4 cm³/mol. The molecule has 0 saturated heterocycles. The smallest absolute Gasteiger partial charge is 0.454 e. The van der Waals surface area contributed by atoms with E-state index in [4.69, 9.17) is 26.4 Å². The quantitative estimate of drug-likeness (QED) is 0.780. The molecule has 0 saturated carbocycles. The zero-order chi connectivity index (χ0) is 12.3. The molecule has 2 aromatic heterocycles. The van der Waals surface area contributed by atoms with Crippen molar-refractivity contribution >= 4 is 24.2 Å². The lowest BCUT2D eigenvalue weighted by molar-refractivity contribution is 0.424. The fraction of sp³-hybridized carbons (Fsp3) is 0. The van der Waals surface area contributed by atoms with E-state index >= 15 is 0 Å². The number of rotatable bonds is 3. The van der Waals surface area contributed by atoms with Gasteiger partial charge in [-0.2, -0.15) is 0 Å². The highest BCUT2D eigenvalue weighted by molar-refractivity contribution is 6.58. The van der Waals surface area contributed by atoms with E-state index in [-0.39, 0.29) is 5.46 Å². The summed E-state index contributed by atoms with van der Waals surface area (Å²) < 4.78 is 5.42. The first-order valence-corrected chi connectivity index (χ1v) is 5.12. The van der Waals surface area contributed by atoms with Gasteiger partial charge in [0.15, 0.2) is 0 Å². The summed E-state index contributed by atoms with van der Waals surface area (Å²) in [5, 5.41) is 18.4. The Bertz CT molecular complexity index is 524. The van der Waals surface area contributed by atoms with Crippen molar-refractivity contribution < 1.29 is 14.8 Å². The second kappa shape index (κ2) is 5.14. The van der Waals surface area contributed by atoms with Gasteiger partial charge in [0.2, 0.25) is 0 Å². The summed E-state index contributed by atoms with van der Waals surface area (Å²) in [6.45, 7) is 0. The van der Waals surface area contributed by atoms with Gasteiger partial charge in [-0.3, -0.25) is 9.97 Å². The fourth-order valence-corrected chi connectivity index (χ4v) is 1.38. The molecule has 86 valence electrons. The maximum absolute atomic E-state index is 8.98. The molecule has 7 heteroatoms. The molecule has 0 fully saturated rings. The maximum Gasteiger partial charge on any atom is 0.490 e. The molecular weight excluding hydrogens is 242 g/mol. The van der Waals surface area contributed by atoms with E-state index in [1.165, 1.54) is 30.9 Å². The second-order valence-electron chi connectivity index (χ2n) is 3.27. The van der Waals surface area contributed by atoms with Gasteiger partial charge in [0.05, 0.1) is 17.4 Å². The Hall–Kier alpha value is -1.63. The third-order valence-electron chi connectivity index (χ3n) is 1.95. The Labute approximate surface area is 103 Å². The van der Waals surface area contributed by atoms with Gasteiger partial charge in [-0.15, -0.1) is 0 Å². The van der Waals surface area contributed by atoms with E-state index < -0.39 is 7.12 Å². The van der Waals surface area contributed by atoms with E-state index in [2.05, 4.69) is 9.97 Å². The number of nitrogens with zero attached hydrogens (tertiary/aromatic N) is 2. The Kier molecular flexibility index (Phi) is 3.58. The highest BCUT2D eigenvalue weighted by Crippen LogP contribution is 2.21. The van der Waals surface area contributed by atoms with Crippen molar-refractivity contribution in [3.8, 4) is 11.5 Å². The van der Waals surface area contributed by atoms with Crippen molar-refractivity contribution in [3.63, 3.8) is 0 Å². The molecular formula is C10H8BClN2O3. The molecule has 2 heterocycles. The van der Waals surface area contributed by atoms with Crippen molar-refractivity contribution in [2.75, 3.05) is 0 Å². The topological polar surface area (TPSA) is 75.5 Å². The number of aromatic nitrogens is 2. The second-order valence-corrected chi connectivity index (χ2v) is 3.71. The molecule has 2 N–H and O–H groups in total. The Balaban J connectivity index is 2.21. The van der Waals surface area contributed by atoms with E-state index in [1.54, 1.807) is 6.07 Å². The first kappa shape index (κ1) is 11.8. The van der Waals surface area contributed by atoms with Gasteiger partial charge in [0, 0.05) is 23.9 Å². The van der Waals surface area contributed by atoms with Crippen LogP contribution < -0.4 is 10.2 Å². The number of ether oxygens (including phenoxy) is 1. The van der Waals surface area contributed by atoms with Crippen molar-refractivity contribution in [3.05, 3.63) is 41.9 Å². The van der Waals surface area contributed by atoms with Gasteiger partial charge < -0.3 is 14.8 Å². The zero-order valence-electron chi connectivity index (χ0n) is 8.62. The van der Waals surface area contributed by atoms with E-state index in [0.717, 1.165) is 0 Å². The molecule has 17 heavy (non-hydrogen) atoms. The van der Waals surface area contributed by atoms with Crippen LogP contribution in [-0.2, 0) is 0 Å². The molecule has 0 radical (unpaired) electrons. The molecule has 5 nitrogen and oxygen atoms in total. The lowest BCUT2D eigenvalue weighted by Gasteiger charge is -2.06. The monoisotopic (exact) mass is 250 g/mol. The Morgan fingerprint density at radius 1 is 1.00 bits per heavy atom. The van der Waals surface area contributed by atoms with E-state index in [1.807, 2.05) is 0 Å². The summed E-state index contributed by atoms with van der Waals surface area (Å²) in [4.78, 5) is 7.69. The van der Waals surface area contributed by atoms with E-state index in [0.29, 0.717) is 16.5 Å². The molecule has 0 spiro atoms. The summed E-state index contributed by atoms with van der Waals surface area (Å²) in [5.41, 5.74) is 0.248. The van der Waals surface area contributed by atoms with Crippen LogP contribution in [0.25, 0.3) is 0 Å². The summed E-state index contributed by atoms with van der Waals surface area (Å²) in [6, 6.07) is 3.06.